The summed E-state index contributed by atoms with van der Waals surface area (Å²) in [5.74, 6) is 1.16. The van der Waals surface area contributed by atoms with Crippen LogP contribution in [0.3, 0.4) is 0 Å². The van der Waals surface area contributed by atoms with Gasteiger partial charge in [-0.05, 0) is 18.9 Å². The van der Waals surface area contributed by atoms with Crippen LogP contribution in [0.1, 0.15) is 24.8 Å². The molecular formula is C14H20N4O. The van der Waals surface area contributed by atoms with Crippen molar-refractivity contribution < 1.29 is 4.79 Å². The number of nitrogens with zero attached hydrogens (tertiary/aromatic N) is 2. The molecule has 0 bridgehead atoms. The van der Waals surface area contributed by atoms with Gasteiger partial charge < -0.3 is 15.5 Å². The Hall–Kier alpha value is -1.62. The van der Waals surface area contributed by atoms with Crippen LogP contribution in [0.25, 0.3) is 0 Å². The van der Waals surface area contributed by atoms with Crippen LogP contribution < -0.4 is 15.5 Å². The molecule has 0 unspecified atom stereocenters. The highest BCUT2D eigenvalue weighted by Crippen LogP contribution is 2.22. The first-order valence-corrected chi connectivity index (χ1v) is 7.02. The van der Waals surface area contributed by atoms with Gasteiger partial charge in [-0.2, -0.15) is 0 Å². The van der Waals surface area contributed by atoms with Gasteiger partial charge in [-0.3, -0.25) is 4.79 Å². The average Bonchev–Trinajstić information content (AvgIpc) is 3.25. The van der Waals surface area contributed by atoms with Gasteiger partial charge in [0.1, 0.15) is 5.82 Å². The molecule has 1 saturated carbocycles. The van der Waals surface area contributed by atoms with Crippen molar-refractivity contribution in [2.75, 3.05) is 24.5 Å². The monoisotopic (exact) mass is 260 g/mol. The van der Waals surface area contributed by atoms with E-state index in [0.717, 1.165) is 25.5 Å². The third-order valence-corrected chi connectivity index (χ3v) is 3.64. The Balaban J connectivity index is 1.72. The van der Waals surface area contributed by atoms with Crippen molar-refractivity contribution >= 4 is 11.7 Å². The number of hydrogen-bond donors (Lipinski definition) is 2. The molecule has 0 aromatic carbocycles. The summed E-state index contributed by atoms with van der Waals surface area (Å²) >= 11 is 0. The maximum Gasteiger partial charge on any atom is 0.221 e. The summed E-state index contributed by atoms with van der Waals surface area (Å²) in [6.07, 6.45) is 4.96. The molecule has 5 nitrogen and oxygen atoms in total. The summed E-state index contributed by atoms with van der Waals surface area (Å²) in [7, 11) is 0. The fourth-order valence-electron chi connectivity index (χ4n) is 2.37. The molecule has 5 heteroatoms. The molecule has 1 aromatic rings. The lowest BCUT2D eigenvalue weighted by Gasteiger charge is -2.23. The van der Waals surface area contributed by atoms with E-state index in [4.69, 9.17) is 0 Å². The first-order chi connectivity index (χ1) is 9.33. The summed E-state index contributed by atoms with van der Waals surface area (Å²) < 4.78 is 0. The van der Waals surface area contributed by atoms with Gasteiger partial charge in [0.2, 0.25) is 5.91 Å². The Morgan fingerprint density at radius 1 is 1.42 bits per heavy atom. The molecule has 2 fully saturated rings. The number of amides is 1. The molecule has 2 N–H and O–H groups in total. The Kier molecular flexibility index (Phi) is 3.64. The van der Waals surface area contributed by atoms with Crippen LogP contribution in [0.15, 0.2) is 18.3 Å². The van der Waals surface area contributed by atoms with Gasteiger partial charge in [0, 0.05) is 50.4 Å². The van der Waals surface area contributed by atoms with E-state index in [2.05, 4.69) is 26.6 Å². The molecule has 19 heavy (non-hydrogen) atoms. The van der Waals surface area contributed by atoms with Crippen LogP contribution in [0, 0.1) is 0 Å². The second-order valence-electron chi connectivity index (χ2n) is 5.23. The highest BCUT2D eigenvalue weighted by atomic mass is 16.1. The smallest absolute Gasteiger partial charge is 0.221 e. The van der Waals surface area contributed by atoms with E-state index in [-0.39, 0.29) is 5.91 Å². The Labute approximate surface area is 113 Å². The van der Waals surface area contributed by atoms with Crippen molar-refractivity contribution in [3.8, 4) is 0 Å². The number of pyridine rings is 1. The van der Waals surface area contributed by atoms with Crippen molar-refractivity contribution in [1.29, 1.82) is 0 Å². The molecule has 1 saturated heterocycles. The summed E-state index contributed by atoms with van der Waals surface area (Å²) in [4.78, 5) is 18.1. The predicted octanol–water partition coefficient (Wildman–Crippen LogP) is 0.660. The highest BCUT2D eigenvalue weighted by Gasteiger charge is 2.22. The Bertz CT molecular complexity index is 459. The molecule has 102 valence electrons. The van der Waals surface area contributed by atoms with E-state index < -0.39 is 0 Å². The van der Waals surface area contributed by atoms with Crippen molar-refractivity contribution in [3.05, 3.63) is 23.9 Å². The molecule has 0 radical (unpaired) electrons. The van der Waals surface area contributed by atoms with Crippen LogP contribution in [-0.2, 0) is 11.3 Å². The second-order valence-corrected chi connectivity index (χ2v) is 5.23. The van der Waals surface area contributed by atoms with Crippen molar-refractivity contribution in [2.45, 2.75) is 31.8 Å². The maximum absolute atomic E-state index is 11.4. The Morgan fingerprint density at radius 2 is 2.32 bits per heavy atom. The molecular weight excluding hydrogens is 240 g/mol. The van der Waals surface area contributed by atoms with Crippen molar-refractivity contribution in [3.63, 3.8) is 0 Å². The van der Waals surface area contributed by atoms with Crippen molar-refractivity contribution in [1.82, 2.24) is 15.6 Å². The van der Waals surface area contributed by atoms with Crippen LogP contribution in [-0.4, -0.2) is 36.6 Å². The fraction of sp³-hybridized carbons (Fsp3) is 0.571. The number of rotatable bonds is 4. The topological polar surface area (TPSA) is 57.3 Å². The highest BCUT2D eigenvalue weighted by molar-refractivity contribution is 5.77. The van der Waals surface area contributed by atoms with E-state index in [1.807, 2.05) is 12.3 Å². The standard InChI is InChI=1S/C14H20N4O/c19-13-5-8-18(9-7-15-13)14-11(2-1-6-16-14)10-17-12-3-4-12/h1-2,6,12,17H,3-5,7-10H2,(H,15,19). The third-order valence-electron chi connectivity index (χ3n) is 3.64. The number of hydrogen-bond acceptors (Lipinski definition) is 4. The first kappa shape index (κ1) is 12.4. The zero-order chi connectivity index (χ0) is 13.1. The van der Waals surface area contributed by atoms with Gasteiger partial charge in [-0.15, -0.1) is 0 Å². The van der Waals surface area contributed by atoms with Gasteiger partial charge in [-0.25, -0.2) is 4.98 Å². The van der Waals surface area contributed by atoms with Gasteiger partial charge in [0.05, 0.1) is 0 Å². The van der Waals surface area contributed by atoms with Gasteiger partial charge in [0.15, 0.2) is 0 Å². The maximum atomic E-state index is 11.4. The van der Waals surface area contributed by atoms with E-state index in [0.29, 0.717) is 19.0 Å². The molecule has 3 rings (SSSR count). The van der Waals surface area contributed by atoms with Gasteiger partial charge >= 0.3 is 0 Å². The lowest BCUT2D eigenvalue weighted by atomic mass is 10.2. The molecule has 2 heterocycles. The molecule has 1 aliphatic heterocycles. The molecule has 0 spiro atoms. The number of carbonyl (C=O) groups is 1. The lowest BCUT2D eigenvalue weighted by molar-refractivity contribution is -0.120. The zero-order valence-corrected chi connectivity index (χ0v) is 11.1. The van der Waals surface area contributed by atoms with Crippen LogP contribution in [0.5, 0.6) is 0 Å². The van der Waals surface area contributed by atoms with Gasteiger partial charge in [0.25, 0.3) is 0 Å². The van der Waals surface area contributed by atoms with Gasteiger partial charge in [-0.1, -0.05) is 6.07 Å². The van der Waals surface area contributed by atoms with E-state index in [1.165, 1.54) is 18.4 Å². The van der Waals surface area contributed by atoms with Crippen molar-refractivity contribution in [2.24, 2.45) is 0 Å². The summed E-state index contributed by atoms with van der Waals surface area (Å²) in [6.45, 7) is 3.15. The summed E-state index contributed by atoms with van der Waals surface area (Å²) in [5.41, 5.74) is 1.23. The van der Waals surface area contributed by atoms with Crippen LogP contribution >= 0.6 is 0 Å². The molecule has 1 aliphatic carbocycles. The minimum Gasteiger partial charge on any atom is -0.354 e. The normalized spacial score (nSPS) is 20.0. The largest absolute Gasteiger partial charge is 0.354 e. The predicted molar refractivity (Wildman–Crippen MR) is 73.9 cm³/mol. The molecule has 2 aliphatic rings. The van der Waals surface area contributed by atoms with Crippen LogP contribution in [0.4, 0.5) is 5.82 Å². The average molecular weight is 260 g/mol. The lowest BCUT2D eigenvalue weighted by Crippen LogP contribution is -2.30. The van der Waals surface area contributed by atoms with Crippen LogP contribution in [0.2, 0.25) is 0 Å². The number of nitrogens with one attached hydrogen (secondary N) is 2. The zero-order valence-electron chi connectivity index (χ0n) is 11.1. The minimum atomic E-state index is 0.135. The third kappa shape index (κ3) is 3.23. The quantitative estimate of drug-likeness (QED) is 0.835. The fourth-order valence-corrected chi connectivity index (χ4v) is 2.37. The molecule has 1 amide bonds. The SMILES string of the molecule is O=C1CCN(c2ncccc2CNC2CC2)CCN1. The summed E-state index contributed by atoms with van der Waals surface area (Å²) in [5, 5.41) is 6.43. The molecule has 1 aromatic heterocycles. The minimum absolute atomic E-state index is 0.135. The Morgan fingerprint density at radius 3 is 3.16 bits per heavy atom. The van der Waals surface area contributed by atoms with E-state index in [9.17, 15) is 4.79 Å². The number of anilines is 1. The second kappa shape index (κ2) is 5.57. The first-order valence-electron chi connectivity index (χ1n) is 7.02. The number of aromatic nitrogens is 1. The summed E-state index contributed by atoms with van der Waals surface area (Å²) in [6, 6.07) is 4.80. The van der Waals surface area contributed by atoms with E-state index in [1.54, 1.807) is 0 Å². The van der Waals surface area contributed by atoms with E-state index >= 15 is 0 Å². The number of carbonyl (C=O) groups excluding carboxylic acids is 1. The molecule has 0 atom stereocenters.